The third kappa shape index (κ3) is 14.3. The van der Waals surface area contributed by atoms with Crippen LogP contribution in [-0.4, -0.2) is 74.5 Å². The summed E-state index contributed by atoms with van der Waals surface area (Å²) in [6.45, 7) is 14.7. The number of aryl methyl sites for hydroxylation is 2. The lowest BCUT2D eigenvalue weighted by Crippen LogP contribution is -2.57. The highest BCUT2D eigenvalue weighted by atomic mass is 19.1. The van der Waals surface area contributed by atoms with Gasteiger partial charge >= 0.3 is 0 Å². The van der Waals surface area contributed by atoms with E-state index in [0.29, 0.717) is 18.9 Å². The highest BCUT2D eigenvalue weighted by Crippen LogP contribution is 2.28. The van der Waals surface area contributed by atoms with Gasteiger partial charge in [0.05, 0.1) is 11.4 Å². The van der Waals surface area contributed by atoms with Gasteiger partial charge in [-0.2, -0.15) is 0 Å². The lowest BCUT2D eigenvalue weighted by Gasteiger charge is -2.43. The van der Waals surface area contributed by atoms with Crippen LogP contribution in [0.15, 0.2) is 122 Å². The predicted octanol–water partition coefficient (Wildman–Crippen LogP) is 11.0. The van der Waals surface area contributed by atoms with Gasteiger partial charge < -0.3 is 10.6 Å². The van der Waals surface area contributed by atoms with Crippen molar-refractivity contribution in [2.75, 3.05) is 44.6 Å². The zero-order valence-corrected chi connectivity index (χ0v) is 38.1. The van der Waals surface area contributed by atoms with E-state index < -0.39 is 0 Å². The third-order valence-corrected chi connectivity index (χ3v) is 12.7. The van der Waals surface area contributed by atoms with Crippen molar-refractivity contribution in [3.05, 3.63) is 161 Å². The maximum atomic E-state index is 13.4. The highest BCUT2D eigenvalue weighted by molar-refractivity contribution is 5.61. The van der Waals surface area contributed by atoms with E-state index in [4.69, 9.17) is 4.98 Å². The number of piperazine rings is 1. The predicted molar refractivity (Wildman–Crippen MR) is 257 cm³/mol. The highest BCUT2D eigenvalue weighted by Gasteiger charge is 2.29. The van der Waals surface area contributed by atoms with Crippen molar-refractivity contribution in [3.8, 4) is 22.5 Å². The minimum absolute atomic E-state index is 0.141. The number of nitrogens with zero attached hydrogens (tertiary/aromatic N) is 6. The van der Waals surface area contributed by atoms with Gasteiger partial charge in [-0.3, -0.25) is 9.80 Å². The first-order valence-electron chi connectivity index (χ1n) is 23.4. The zero-order chi connectivity index (χ0) is 44.6. The molecule has 3 heterocycles. The summed E-state index contributed by atoms with van der Waals surface area (Å²) in [4.78, 5) is 23.4. The Morgan fingerprint density at radius 3 is 2.08 bits per heavy atom. The second-order valence-corrected chi connectivity index (χ2v) is 18.0. The Hall–Kier alpha value is -5.42. The molecule has 4 aromatic carbocycles. The Balaban J connectivity index is 0.000000192. The number of anilines is 1. The molecule has 2 N–H and O–H groups in total. The van der Waals surface area contributed by atoms with E-state index in [-0.39, 0.29) is 17.2 Å². The summed E-state index contributed by atoms with van der Waals surface area (Å²) in [5, 5.41) is 6.73. The van der Waals surface area contributed by atoms with Gasteiger partial charge in [-0.25, -0.2) is 28.7 Å². The first-order valence-corrected chi connectivity index (χ1v) is 23.4. The number of nitrogens with one attached hydrogen (secondary N) is 2. The molecule has 1 aliphatic carbocycles. The SMILES string of the molecule is CC1(C)CNCCN1Cc1cccc(-c2ccnc(NCCc3cccc(F)c3)n2)c1.CCN(CCC1CCCC1)Cc1cccc(-c2ccnc(CCCc3cccc(F)c3)n2)c1. The molecule has 0 radical (unpaired) electrons. The van der Waals surface area contributed by atoms with E-state index in [1.807, 2.05) is 30.5 Å². The number of benzene rings is 4. The van der Waals surface area contributed by atoms with Crippen molar-refractivity contribution in [2.45, 2.75) is 97.2 Å². The molecule has 0 bridgehead atoms. The zero-order valence-electron chi connectivity index (χ0n) is 38.1. The van der Waals surface area contributed by atoms with Gasteiger partial charge in [0.1, 0.15) is 17.5 Å². The van der Waals surface area contributed by atoms with Crippen LogP contribution in [0.2, 0.25) is 0 Å². The van der Waals surface area contributed by atoms with Crippen LogP contribution in [-0.2, 0) is 32.4 Å². The minimum Gasteiger partial charge on any atom is -0.354 e. The van der Waals surface area contributed by atoms with Crippen LogP contribution < -0.4 is 10.6 Å². The van der Waals surface area contributed by atoms with E-state index >= 15 is 0 Å². The average molecular weight is 865 g/mol. The maximum absolute atomic E-state index is 13.4. The molecule has 8 nitrogen and oxygen atoms in total. The molecule has 0 amide bonds. The van der Waals surface area contributed by atoms with Crippen molar-refractivity contribution < 1.29 is 8.78 Å². The van der Waals surface area contributed by atoms with Gasteiger partial charge in [0.15, 0.2) is 0 Å². The Morgan fingerprint density at radius 1 is 0.734 bits per heavy atom. The summed E-state index contributed by atoms with van der Waals surface area (Å²) in [6, 6.07) is 34.8. The normalized spacial score (nSPS) is 15.2. The van der Waals surface area contributed by atoms with Gasteiger partial charge in [0, 0.05) is 74.7 Å². The van der Waals surface area contributed by atoms with E-state index in [1.54, 1.807) is 30.5 Å². The summed E-state index contributed by atoms with van der Waals surface area (Å²) in [5.74, 6) is 1.99. The maximum Gasteiger partial charge on any atom is 0.223 e. The molecule has 2 aromatic heterocycles. The summed E-state index contributed by atoms with van der Waals surface area (Å²) in [7, 11) is 0. The summed E-state index contributed by atoms with van der Waals surface area (Å²) >= 11 is 0. The Kier molecular flexibility index (Phi) is 17.1. The Bertz CT molecular complexity index is 2360. The summed E-state index contributed by atoms with van der Waals surface area (Å²) in [6.07, 6.45) is 13.9. The van der Waals surface area contributed by atoms with E-state index in [1.165, 1.54) is 61.9 Å². The van der Waals surface area contributed by atoms with Crippen LogP contribution in [0.1, 0.15) is 87.4 Å². The molecule has 8 rings (SSSR count). The molecule has 64 heavy (non-hydrogen) atoms. The van der Waals surface area contributed by atoms with Gasteiger partial charge in [-0.15, -0.1) is 0 Å². The van der Waals surface area contributed by atoms with Crippen LogP contribution in [0.4, 0.5) is 14.7 Å². The van der Waals surface area contributed by atoms with Crippen molar-refractivity contribution in [1.82, 2.24) is 35.1 Å². The summed E-state index contributed by atoms with van der Waals surface area (Å²) in [5.41, 5.74) is 8.83. The molecule has 1 aliphatic heterocycles. The van der Waals surface area contributed by atoms with Gasteiger partial charge in [0.25, 0.3) is 0 Å². The third-order valence-electron chi connectivity index (χ3n) is 12.7. The Labute approximate surface area is 380 Å². The summed E-state index contributed by atoms with van der Waals surface area (Å²) < 4.78 is 26.7. The number of rotatable bonds is 18. The molecule has 1 saturated heterocycles. The van der Waals surface area contributed by atoms with Gasteiger partial charge in [0.2, 0.25) is 5.95 Å². The molecular formula is C54H66F2N8. The quantitative estimate of drug-likeness (QED) is 0.0884. The molecule has 10 heteroatoms. The Morgan fingerprint density at radius 2 is 1.38 bits per heavy atom. The van der Waals surface area contributed by atoms with Crippen LogP contribution in [0.3, 0.4) is 0 Å². The average Bonchev–Trinajstić information content (AvgIpc) is 3.83. The van der Waals surface area contributed by atoms with Crippen molar-refractivity contribution in [2.24, 2.45) is 5.92 Å². The molecule has 0 unspecified atom stereocenters. The van der Waals surface area contributed by atoms with Gasteiger partial charge in [-0.05, 0) is 129 Å². The van der Waals surface area contributed by atoms with Crippen molar-refractivity contribution >= 4 is 5.95 Å². The van der Waals surface area contributed by atoms with E-state index in [2.05, 4.69) is 105 Å². The van der Waals surface area contributed by atoms with E-state index in [0.717, 1.165) is 104 Å². The number of hydrogen-bond donors (Lipinski definition) is 2. The lowest BCUT2D eigenvalue weighted by molar-refractivity contribution is 0.0828. The smallest absolute Gasteiger partial charge is 0.223 e. The molecule has 2 fully saturated rings. The lowest BCUT2D eigenvalue weighted by atomic mass is 9.98. The van der Waals surface area contributed by atoms with Crippen LogP contribution in [0.25, 0.3) is 22.5 Å². The first-order chi connectivity index (χ1) is 31.2. The standard InChI is InChI=1S/C29H36FN3.C25H30FN5/c1-2-33(19-17-23-8-3-4-9-23)22-25-12-5-13-26(20-25)28-16-18-31-29(32-28)15-7-11-24-10-6-14-27(30)21-24;1-25(2)18-27-13-14-31(25)17-20-6-3-7-21(15-20)23-10-12-29-24(30-23)28-11-9-19-5-4-8-22(26)16-19/h5-6,10,12-14,16,18,20-21,23H,2-4,7-9,11,15,17,19,22H2,1H3;3-8,10,12,15-16,27H,9,11,13-14,17-18H2,1-2H3,(H,28,29,30). The van der Waals surface area contributed by atoms with Crippen LogP contribution in [0, 0.1) is 17.6 Å². The number of halogens is 2. The second kappa shape index (κ2) is 23.5. The largest absolute Gasteiger partial charge is 0.354 e. The van der Waals surface area contributed by atoms with Crippen molar-refractivity contribution in [1.29, 1.82) is 0 Å². The number of hydrogen-bond acceptors (Lipinski definition) is 8. The molecule has 0 spiro atoms. The molecule has 6 aromatic rings. The number of aromatic nitrogens is 4. The molecule has 1 saturated carbocycles. The van der Waals surface area contributed by atoms with Crippen LogP contribution in [0.5, 0.6) is 0 Å². The van der Waals surface area contributed by atoms with Crippen molar-refractivity contribution in [3.63, 3.8) is 0 Å². The molecule has 336 valence electrons. The fourth-order valence-corrected chi connectivity index (χ4v) is 8.90. The molecule has 2 aliphatic rings. The molecular weight excluding hydrogens is 799 g/mol. The fourth-order valence-electron chi connectivity index (χ4n) is 8.90. The molecule has 0 atom stereocenters. The first kappa shape index (κ1) is 46.6. The van der Waals surface area contributed by atoms with Crippen LogP contribution >= 0.6 is 0 Å². The van der Waals surface area contributed by atoms with Gasteiger partial charge in [-0.1, -0.05) is 93.3 Å². The monoisotopic (exact) mass is 865 g/mol. The van der Waals surface area contributed by atoms with E-state index in [9.17, 15) is 8.78 Å². The second-order valence-electron chi connectivity index (χ2n) is 18.0. The minimum atomic E-state index is -0.208. The fraction of sp³-hybridized carbons (Fsp3) is 0.407. The topological polar surface area (TPSA) is 82.1 Å².